The summed E-state index contributed by atoms with van der Waals surface area (Å²) >= 11 is 0. The number of methoxy groups -OCH3 is 1. The number of carbonyl (C=O) groups is 1. The fourth-order valence-electron chi connectivity index (χ4n) is 2.44. The Labute approximate surface area is 146 Å². The number of aromatic nitrogens is 1. The molecule has 0 aliphatic rings. The van der Waals surface area contributed by atoms with Crippen LogP contribution < -0.4 is 10.9 Å². The summed E-state index contributed by atoms with van der Waals surface area (Å²) in [6, 6.07) is 9.57. The van der Waals surface area contributed by atoms with Gasteiger partial charge >= 0.3 is 0 Å². The summed E-state index contributed by atoms with van der Waals surface area (Å²) in [5, 5.41) is 2.80. The van der Waals surface area contributed by atoms with Crippen molar-refractivity contribution < 1.29 is 13.9 Å². The number of rotatable bonds is 8. The molecular formula is C19H23FN2O3. The number of anilines is 1. The SMILES string of the molecule is COCCn1cc(NC(=O)C(C)CCc2ccccc2F)ccc1=O. The molecule has 0 saturated heterocycles. The van der Waals surface area contributed by atoms with Gasteiger partial charge < -0.3 is 14.6 Å². The molecule has 0 radical (unpaired) electrons. The molecule has 1 unspecified atom stereocenters. The van der Waals surface area contributed by atoms with E-state index in [1.165, 1.54) is 16.7 Å². The third-order valence-corrected chi connectivity index (χ3v) is 4.04. The van der Waals surface area contributed by atoms with Crippen LogP contribution in [0.2, 0.25) is 0 Å². The minimum absolute atomic E-state index is 0.150. The zero-order valence-electron chi connectivity index (χ0n) is 14.5. The van der Waals surface area contributed by atoms with E-state index in [-0.39, 0.29) is 23.2 Å². The number of hydrogen-bond acceptors (Lipinski definition) is 3. The van der Waals surface area contributed by atoms with Gasteiger partial charge in [-0.15, -0.1) is 0 Å². The van der Waals surface area contributed by atoms with E-state index in [2.05, 4.69) is 5.32 Å². The molecule has 134 valence electrons. The first-order valence-corrected chi connectivity index (χ1v) is 8.25. The molecule has 0 aliphatic carbocycles. The Kier molecular flexibility index (Phi) is 6.89. The highest BCUT2D eigenvalue weighted by atomic mass is 19.1. The van der Waals surface area contributed by atoms with Crippen molar-refractivity contribution in [3.8, 4) is 0 Å². The number of amides is 1. The monoisotopic (exact) mass is 346 g/mol. The van der Waals surface area contributed by atoms with Crippen molar-refractivity contribution in [1.82, 2.24) is 4.57 Å². The van der Waals surface area contributed by atoms with Crippen LogP contribution in [0.1, 0.15) is 18.9 Å². The number of ether oxygens (including phenoxy) is 1. The van der Waals surface area contributed by atoms with Crippen LogP contribution in [-0.2, 0) is 22.5 Å². The fraction of sp³-hybridized carbons (Fsp3) is 0.368. The number of aryl methyl sites for hydroxylation is 1. The molecule has 0 spiro atoms. The maximum Gasteiger partial charge on any atom is 0.250 e. The molecular weight excluding hydrogens is 323 g/mol. The summed E-state index contributed by atoms with van der Waals surface area (Å²) < 4.78 is 20.1. The Morgan fingerprint density at radius 2 is 2.04 bits per heavy atom. The summed E-state index contributed by atoms with van der Waals surface area (Å²) in [6.45, 7) is 2.63. The third-order valence-electron chi connectivity index (χ3n) is 4.04. The molecule has 0 saturated carbocycles. The summed E-state index contributed by atoms with van der Waals surface area (Å²) in [7, 11) is 1.56. The van der Waals surface area contributed by atoms with E-state index in [1.54, 1.807) is 44.5 Å². The zero-order chi connectivity index (χ0) is 18.2. The van der Waals surface area contributed by atoms with Crippen LogP contribution in [0.3, 0.4) is 0 Å². The minimum atomic E-state index is -0.279. The number of nitrogens with one attached hydrogen (secondary N) is 1. The molecule has 0 bridgehead atoms. The second kappa shape index (κ2) is 9.13. The summed E-state index contributed by atoms with van der Waals surface area (Å²) in [5.74, 6) is -0.687. The Hall–Kier alpha value is -2.47. The van der Waals surface area contributed by atoms with Crippen LogP contribution in [-0.4, -0.2) is 24.2 Å². The van der Waals surface area contributed by atoms with Crippen molar-refractivity contribution >= 4 is 11.6 Å². The molecule has 5 nitrogen and oxygen atoms in total. The van der Waals surface area contributed by atoms with Crippen molar-refractivity contribution in [2.45, 2.75) is 26.3 Å². The van der Waals surface area contributed by atoms with Crippen LogP contribution in [0.15, 0.2) is 47.4 Å². The summed E-state index contributed by atoms with van der Waals surface area (Å²) in [5.41, 5.74) is 1.01. The highest BCUT2D eigenvalue weighted by Crippen LogP contribution is 2.15. The third kappa shape index (κ3) is 5.53. The van der Waals surface area contributed by atoms with E-state index in [0.717, 1.165) is 0 Å². The number of benzene rings is 1. The van der Waals surface area contributed by atoms with E-state index in [4.69, 9.17) is 4.74 Å². The lowest BCUT2D eigenvalue weighted by molar-refractivity contribution is -0.119. The highest BCUT2D eigenvalue weighted by Gasteiger charge is 2.14. The minimum Gasteiger partial charge on any atom is -0.383 e. The average molecular weight is 346 g/mol. The van der Waals surface area contributed by atoms with Gasteiger partial charge in [0.1, 0.15) is 5.82 Å². The van der Waals surface area contributed by atoms with E-state index >= 15 is 0 Å². The molecule has 1 heterocycles. The van der Waals surface area contributed by atoms with Gasteiger partial charge in [-0.2, -0.15) is 0 Å². The lowest BCUT2D eigenvalue weighted by Gasteiger charge is -2.14. The van der Waals surface area contributed by atoms with Gasteiger partial charge in [-0.1, -0.05) is 25.1 Å². The van der Waals surface area contributed by atoms with E-state index in [1.807, 2.05) is 0 Å². The highest BCUT2D eigenvalue weighted by molar-refractivity contribution is 5.92. The predicted octanol–water partition coefficient (Wildman–Crippen LogP) is 2.84. The number of pyridine rings is 1. The number of nitrogens with zero attached hydrogens (tertiary/aromatic N) is 1. The van der Waals surface area contributed by atoms with Crippen LogP contribution in [0.5, 0.6) is 0 Å². The molecule has 25 heavy (non-hydrogen) atoms. The Balaban J connectivity index is 1.94. The molecule has 2 aromatic rings. The summed E-state index contributed by atoms with van der Waals surface area (Å²) in [6.07, 6.45) is 2.63. The van der Waals surface area contributed by atoms with Gasteiger partial charge in [0.15, 0.2) is 0 Å². The van der Waals surface area contributed by atoms with Gasteiger partial charge in [-0.3, -0.25) is 9.59 Å². The van der Waals surface area contributed by atoms with Crippen molar-refractivity contribution in [3.63, 3.8) is 0 Å². The molecule has 6 heteroatoms. The first-order valence-electron chi connectivity index (χ1n) is 8.25. The van der Waals surface area contributed by atoms with Crippen LogP contribution in [0.25, 0.3) is 0 Å². The Bertz CT molecular complexity index is 773. The fourth-order valence-corrected chi connectivity index (χ4v) is 2.44. The van der Waals surface area contributed by atoms with Crippen LogP contribution in [0.4, 0.5) is 10.1 Å². The van der Waals surface area contributed by atoms with Gasteiger partial charge in [0, 0.05) is 31.8 Å². The molecule has 0 aliphatic heterocycles. The maximum atomic E-state index is 13.6. The first kappa shape index (κ1) is 18.9. The molecule has 1 aromatic heterocycles. The topological polar surface area (TPSA) is 60.3 Å². The number of carbonyl (C=O) groups excluding carboxylic acids is 1. The van der Waals surface area contributed by atoms with E-state index in [9.17, 15) is 14.0 Å². The standard InChI is InChI=1S/C19H23FN2O3/c1-14(7-8-15-5-3-4-6-17(15)20)19(24)21-16-9-10-18(23)22(13-16)11-12-25-2/h3-6,9-10,13-14H,7-8,11-12H2,1-2H3,(H,21,24). The van der Waals surface area contributed by atoms with Crippen molar-refractivity contribution in [2.24, 2.45) is 5.92 Å². The molecule has 0 fully saturated rings. The average Bonchev–Trinajstić information content (AvgIpc) is 2.61. The molecule has 2 rings (SSSR count). The quantitative estimate of drug-likeness (QED) is 0.799. The van der Waals surface area contributed by atoms with Gasteiger partial charge in [0.05, 0.1) is 12.3 Å². The second-order valence-corrected chi connectivity index (χ2v) is 5.96. The van der Waals surface area contributed by atoms with E-state index in [0.29, 0.717) is 37.2 Å². The summed E-state index contributed by atoms with van der Waals surface area (Å²) in [4.78, 5) is 24.1. The second-order valence-electron chi connectivity index (χ2n) is 5.96. The van der Waals surface area contributed by atoms with Crippen molar-refractivity contribution in [1.29, 1.82) is 0 Å². The molecule has 1 aromatic carbocycles. The number of halogens is 1. The Morgan fingerprint density at radius 3 is 2.76 bits per heavy atom. The van der Waals surface area contributed by atoms with Gasteiger partial charge in [-0.25, -0.2) is 4.39 Å². The van der Waals surface area contributed by atoms with Crippen molar-refractivity contribution in [2.75, 3.05) is 19.0 Å². The number of hydrogen-bond donors (Lipinski definition) is 1. The normalized spacial score (nSPS) is 12.0. The van der Waals surface area contributed by atoms with Crippen LogP contribution >= 0.6 is 0 Å². The predicted molar refractivity (Wildman–Crippen MR) is 95.1 cm³/mol. The van der Waals surface area contributed by atoms with Crippen LogP contribution in [0, 0.1) is 11.7 Å². The van der Waals surface area contributed by atoms with Gasteiger partial charge in [-0.05, 0) is 30.5 Å². The Morgan fingerprint density at radius 1 is 1.28 bits per heavy atom. The lowest BCUT2D eigenvalue weighted by Crippen LogP contribution is -2.24. The van der Waals surface area contributed by atoms with Gasteiger partial charge in [0.2, 0.25) is 5.91 Å². The van der Waals surface area contributed by atoms with Crippen molar-refractivity contribution in [3.05, 3.63) is 64.3 Å². The maximum absolute atomic E-state index is 13.6. The zero-order valence-corrected chi connectivity index (χ0v) is 14.5. The van der Waals surface area contributed by atoms with E-state index < -0.39 is 0 Å². The first-order chi connectivity index (χ1) is 12.0. The largest absolute Gasteiger partial charge is 0.383 e. The lowest BCUT2D eigenvalue weighted by atomic mass is 10.00. The molecule has 1 N–H and O–H groups in total. The smallest absolute Gasteiger partial charge is 0.250 e. The molecule has 1 atom stereocenters. The van der Waals surface area contributed by atoms with Gasteiger partial charge in [0.25, 0.3) is 5.56 Å². The molecule has 1 amide bonds.